The second kappa shape index (κ2) is 9.28. The van der Waals surface area contributed by atoms with Crippen LogP contribution in [0.25, 0.3) is 10.9 Å². The number of aromatic nitrogens is 1. The summed E-state index contributed by atoms with van der Waals surface area (Å²) in [7, 11) is -7.82. The van der Waals surface area contributed by atoms with E-state index >= 15 is 0 Å². The number of rotatable bonds is 10. The highest BCUT2D eigenvalue weighted by Crippen LogP contribution is 2.54. The molecular formula is C17H26N2O6P2. The second-order valence-corrected chi connectivity index (χ2v) is 9.27. The van der Waals surface area contributed by atoms with Crippen molar-refractivity contribution < 1.29 is 27.2 Å². The van der Waals surface area contributed by atoms with E-state index in [4.69, 9.17) is 23.8 Å². The average Bonchev–Trinajstić information content (AvgIpc) is 2.62. The Hall–Kier alpha value is -1.27. The fourth-order valence-electron chi connectivity index (χ4n) is 2.68. The molecule has 8 nitrogen and oxygen atoms in total. The summed E-state index contributed by atoms with van der Waals surface area (Å²) in [5.74, 6) is 0. The van der Waals surface area contributed by atoms with Gasteiger partial charge in [0.2, 0.25) is 0 Å². The predicted molar refractivity (Wildman–Crippen MR) is 107 cm³/mol. The molecule has 0 spiro atoms. The molecule has 0 fully saturated rings. The van der Waals surface area contributed by atoms with Crippen molar-refractivity contribution in [2.45, 2.75) is 27.7 Å². The molecule has 0 radical (unpaired) electrons. The fourth-order valence-corrected chi connectivity index (χ4v) is 6.75. The Morgan fingerprint density at radius 2 is 1.33 bits per heavy atom. The van der Waals surface area contributed by atoms with Crippen molar-refractivity contribution in [3.63, 3.8) is 0 Å². The molecule has 0 atom stereocenters. The second-order valence-electron chi connectivity index (χ2n) is 5.38. The first-order chi connectivity index (χ1) is 12.9. The average molecular weight is 416 g/mol. The van der Waals surface area contributed by atoms with E-state index in [0.717, 1.165) is 0 Å². The topological polar surface area (TPSA) is 110 Å². The minimum absolute atomic E-state index is 0.0601. The van der Waals surface area contributed by atoms with Crippen LogP contribution < -0.4 is 16.5 Å². The van der Waals surface area contributed by atoms with E-state index < -0.39 is 15.2 Å². The monoisotopic (exact) mass is 416 g/mol. The summed E-state index contributed by atoms with van der Waals surface area (Å²) in [6.07, 6.45) is 0. The van der Waals surface area contributed by atoms with Crippen LogP contribution in [0, 0.1) is 0 Å². The zero-order chi connectivity index (χ0) is 20.1. The van der Waals surface area contributed by atoms with Crippen LogP contribution in [-0.4, -0.2) is 31.4 Å². The lowest BCUT2D eigenvalue weighted by molar-refractivity contribution is 0.225. The Bertz CT molecular complexity index is 869. The van der Waals surface area contributed by atoms with Crippen LogP contribution in [0.5, 0.6) is 0 Å². The maximum absolute atomic E-state index is 13.6. The quantitative estimate of drug-likeness (QED) is 0.585. The van der Waals surface area contributed by atoms with Crippen molar-refractivity contribution >= 4 is 42.5 Å². The van der Waals surface area contributed by atoms with Gasteiger partial charge in [0.1, 0.15) is 5.30 Å². The third kappa shape index (κ3) is 4.43. The molecule has 2 rings (SSSR count). The molecule has 1 heterocycles. The van der Waals surface area contributed by atoms with E-state index in [1.165, 1.54) is 0 Å². The van der Waals surface area contributed by atoms with Crippen LogP contribution >= 0.6 is 15.2 Å². The minimum Gasteiger partial charge on any atom is -0.397 e. The fraction of sp³-hybridized carbons (Fsp3) is 0.471. The van der Waals surface area contributed by atoms with Crippen molar-refractivity contribution in [2.24, 2.45) is 0 Å². The highest BCUT2D eigenvalue weighted by Gasteiger charge is 2.42. The first-order valence-corrected chi connectivity index (χ1v) is 11.9. The van der Waals surface area contributed by atoms with Gasteiger partial charge in [-0.15, -0.1) is 0 Å². The van der Waals surface area contributed by atoms with Crippen LogP contribution in [0.4, 0.5) is 5.69 Å². The van der Waals surface area contributed by atoms with Gasteiger partial charge in [-0.25, -0.2) is 4.98 Å². The Morgan fingerprint density at radius 1 is 0.852 bits per heavy atom. The molecule has 0 aliphatic carbocycles. The molecule has 27 heavy (non-hydrogen) atoms. The molecule has 0 amide bonds. The summed E-state index contributed by atoms with van der Waals surface area (Å²) in [6.45, 7) is 7.16. The Labute approximate surface area is 159 Å². The van der Waals surface area contributed by atoms with Crippen molar-refractivity contribution in [2.75, 3.05) is 32.2 Å². The third-order valence-electron chi connectivity index (χ3n) is 3.62. The zero-order valence-corrected chi connectivity index (χ0v) is 17.8. The van der Waals surface area contributed by atoms with Crippen molar-refractivity contribution in [1.82, 2.24) is 4.98 Å². The van der Waals surface area contributed by atoms with E-state index in [2.05, 4.69) is 4.98 Å². The van der Waals surface area contributed by atoms with Gasteiger partial charge in [0, 0.05) is 5.39 Å². The minimum atomic E-state index is -3.91. The van der Waals surface area contributed by atoms with Crippen LogP contribution in [0.3, 0.4) is 0 Å². The van der Waals surface area contributed by atoms with Crippen LogP contribution in [0.15, 0.2) is 24.3 Å². The summed E-state index contributed by atoms with van der Waals surface area (Å²) >= 11 is 0. The van der Waals surface area contributed by atoms with Gasteiger partial charge in [-0.3, -0.25) is 9.13 Å². The summed E-state index contributed by atoms with van der Waals surface area (Å²) in [5, 5.41) is 0.491. The maximum Gasteiger partial charge on any atom is 0.380 e. The molecule has 0 bridgehead atoms. The number of hydrogen-bond acceptors (Lipinski definition) is 8. The SMILES string of the molecule is CCOP(=O)(OCC)c1nc2ccccc2c(N)c1P(=O)(OCC)OCC. The molecule has 0 aliphatic heterocycles. The molecular weight excluding hydrogens is 390 g/mol. The van der Waals surface area contributed by atoms with Gasteiger partial charge in [0.15, 0.2) is 5.44 Å². The standard InChI is InChI=1S/C17H26N2O6P2/c1-5-22-26(20,23-6-2)16-15(18)13-11-9-10-12-14(13)19-17(16)27(21,24-7-3)25-8-4/h9-12H,5-8H2,1-4H3,(H2,18,19). The first-order valence-electron chi connectivity index (χ1n) is 8.84. The number of nitrogens with zero attached hydrogens (tertiary/aromatic N) is 1. The third-order valence-corrected chi connectivity index (χ3v) is 8.03. The summed E-state index contributed by atoms with van der Waals surface area (Å²) in [5.41, 5.74) is 6.82. The van der Waals surface area contributed by atoms with Gasteiger partial charge in [0.05, 0.1) is 37.6 Å². The van der Waals surface area contributed by atoms with E-state index in [9.17, 15) is 9.13 Å². The van der Waals surface area contributed by atoms with Crippen molar-refractivity contribution in [3.8, 4) is 0 Å². The molecule has 0 aliphatic rings. The van der Waals surface area contributed by atoms with Gasteiger partial charge >= 0.3 is 15.2 Å². The van der Waals surface area contributed by atoms with Crippen LogP contribution in [-0.2, 0) is 27.2 Å². The highest BCUT2D eigenvalue weighted by molar-refractivity contribution is 7.69. The number of hydrogen-bond donors (Lipinski definition) is 1. The van der Waals surface area contributed by atoms with E-state index in [0.29, 0.717) is 10.9 Å². The molecule has 10 heteroatoms. The molecule has 150 valence electrons. The first kappa shape index (κ1) is 22.0. The van der Waals surface area contributed by atoms with Gasteiger partial charge in [-0.1, -0.05) is 18.2 Å². The molecule has 1 aromatic carbocycles. The lowest BCUT2D eigenvalue weighted by Crippen LogP contribution is -2.34. The van der Waals surface area contributed by atoms with E-state index in [-0.39, 0.29) is 42.9 Å². The van der Waals surface area contributed by atoms with Crippen molar-refractivity contribution in [3.05, 3.63) is 24.3 Å². The maximum atomic E-state index is 13.6. The Balaban J connectivity index is 2.92. The largest absolute Gasteiger partial charge is 0.397 e. The summed E-state index contributed by atoms with van der Waals surface area (Å²) < 4.78 is 48.8. The van der Waals surface area contributed by atoms with Gasteiger partial charge in [0.25, 0.3) is 0 Å². The van der Waals surface area contributed by atoms with Crippen LogP contribution in [0.1, 0.15) is 27.7 Å². The number of para-hydroxylation sites is 1. The molecule has 1 aromatic heterocycles. The van der Waals surface area contributed by atoms with Gasteiger partial charge in [-0.05, 0) is 33.8 Å². The summed E-state index contributed by atoms with van der Waals surface area (Å²) in [6, 6.07) is 7.00. The van der Waals surface area contributed by atoms with E-state index in [1.807, 2.05) is 0 Å². The smallest absolute Gasteiger partial charge is 0.380 e. The molecule has 0 saturated heterocycles. The number of pyridine rings is 1. The molecule has 2 N–H and O–H groups in total. The number of nitrogens with two attached hydrogens (primary N) is 1. The van der Waals surface area contributed by atoms with Gasteiger partial charge < -0.3 is 23.8 Å². The Morgan fingerprint density at radius 3 is 1.85 bits per heavy atom. The lowest BCUT2D eigenvalue weighted by Gasteiger charge is -2.25. The molecule has 2 aromatic rings. The molecule has 0 unspecified atom stereocenters. The van der Waals surface area contributed by atoms with Crippen molar-refractivity contribution in [1.29, 1.82) is 0 Å². The Kier molecular flexibility index (Phi) is 7.57. The number of nitrogen functional groups attached to an aromatic ring is 1. The number of benzene rings is 1. The lowest BCUT2D eigenvalue weighted by atomic mass is 10.2. The van der Waals surface area contributed by atoms with Crippen LogP contribution in [0.2, 0.25) is 0 Å². The summed E-state index contributed by atoms with van der Waals surface area (Å²) in [4.78, 5) is 4.45. The van der Waals surface area contributed by atoms with Gasteiger partial charge in [-0.2, -0.15) is 0 Å². The van der Waals surface area contributed by atoms with E-state index in [1.54, 1.807) is 52.0 Å². The molecule has 0 saturated carbocycles. The predicted octanol–water partition coefficient (Wildman–Crippen LogP) is 3.60. The number of anilines is 1. The highest BCUT2D eigenvalue weighted by atomic mass is 31.2. The normalized spacial score (nSPS) is 12.6. The number of fused-ring (bicyclic) bond motifs is 1. The zero-order valence-electron chi connectivity index (χ0n) is 16.0.